The van der Waals surface area contributed by atoms with E-state index in [9.17, 15) is 9.59 Å². The summed E-state index contributed by atoms with van der Waals surface area (Å²) in [4.78, 5) is 23.2. The largest absolute Gasteiger partial charge is 0.480 e. The first kappa shape index (κ1) is 15.5. The highest BCUT2D eigenvalue weighted by atomic mass is 79.9. The standard InChI is InChI=1S/C13H17BrN2O3/c1-13(2,3)10(12(18)19)16-11(17)7-4-5-9(15)8(14)6-7/h4-6,10H,15H2,1-3H3,(H,16,17)(H,18,19)/t10-/m1/s1. The van der Waals surface area contributed by atoms with Crippen molar-refractivity contribution < 1.29 is 14.7 Å². The van der Waals surface area contributed by atoms with Gasteiger partial charge in [0.05, 0.1) is 0 Å². The maximum absolute atomic E-state index is 12.0. The lowest BCUT2D eigenvalue weighted by Gasteiger charge is -2.27. The Hall–Kier alpha value is -1.56. The number of nitrogens with one attached hydrogen (secondary N) is 1. The lowest BCUT2D eigenvalue weighted by Crippen LogP contribution is -2.49. The Morgan fingerprint density at radius 2 is 1.95 bits per heavy atom. The number of benzene rings is 1. The van der Waals surface area contributed by atoms with Crippen LogP contribution in [-0.4, -0.2) is 23.0 Å². The van der Waals surface area contributed by atoms with Gasteiger partial charge in [-0.15, -0.1) is 0 Å². The van der Waals surface area contributed by atoms with Crippen molar-refractivity contribution in [3.63, 3.8) is 0 Å². The van der Waals surface area contributed by atoms with Gasteiger partial charge in [-0.3, -0.25) is 4.79 Å². The number of aliphatic carboxylic acids is 1. The number of carboxylic acids is 1. The zero-order valence-corrected chi connectivity index (χ0v) is 12.6. The maximum atomic E-state index is 12.0. The molecule has 0 aliphatic rings. The van der Waals surface area contributed by atoms with Gasteiger partial charge >= 0.3 is 5.97 Å². The molecule has 1 rings (SSSR count). The third kappa shape index (κ3) is 3.96. The van der Waals surface area contributed by atoms with Crippen molar-refractivity contribution >= 4 is 33.5 Å². The molecule has 5 nitrogen and oxygen atoms in total. The van der Waals surface area contributed by atoms with E-state index in [1.54, 1.807) is 39.0 Å². The van der Waals surface area contributed by atoms with Gasteiger partial charge in [-0.05, 0) is 39.5 Å². The summed E-state index contributed by atoms with van der Waals surface area (Å²) in [6.07, 6.45) is 0. The second-order valence-corrected chi connectivity index (χ2v) is 6.20. The molecule has 0 aromatic heterocycles. The molecule has 0 bridgehead atoms. The maximum Gasteiger partial charge on any atom is 0.326 e. The summed E-state index contributed by atoms with van der Waals surface area (Å²) in [5.41, 5.74) is 5.93. The summed E-state index contributed by atoms with van der Waals surface area (Å²) in [6.45, 7) is 5.26. The van der Waals surface area contributed by atoms with Gasteiger partial charge in [0.1, 0.15) is 6.04 Å². The van der Waals surface area contributed by atoms with Gasteiger partial charge in [-0.25, -0.2) is 4.79 Å². The van der Waals surface area contributed by atoms with Crippen LogP contribution in [-0.2, 0) is 4.79 Å². The number of carbonyl (C=O) groups excluding carboxylic acids is 1. The van der Waals surface area contributed by atoms with E-state index in [-0.39, 0.29) is 0 Å². The molecule has 6 heteroatoms. The molecule has 104 valence electrons. The Balaban J connectivity index is 2.94. The van der Waals surface area contributed by atoms with Gasteiger partial charge in [0, 0.05) is 15.7 Å². The molecule has 0 saturated heterocycles. The second-order valence-electron chi connectivity index (χ2n) is 5.35. The number of carbonyl (C=O) groups is 2. The average Bonchev–Trinajstić information content (AvgIpc) is 2.27. The number of rotatable bonds is 3. The lowest BCUT2D eigenvalue weighted by molar-refractivity contribution is -0.142. The highest BCUT2D eigenvalue weighted by molar-refractivity contribution is 9.10. The molecule has 0 saturated carbocycles. The predicted octanol–water partition coefficient (Wildman–Crippen LogP) is 2.26. The minimum atomic E-state index is -1.06. The fourth-order valence-electron chi connectivity index (χ4n) is 1.53. The van der Waals surface area contributed by atoms with E-state index in [4.69, 9.17) is 10.8 Å². The average molecular weight is 329 g/mol. The molecule has 1 atom stereocenters. The van der Waals surface area contributed by atoms with E-state index in [0.29, 0.717) is 15.7 Å². The molecule has 1 amide bonds. The number of carboxylic acid groups (broad SMARTS) is 1. The van der Waals surface area contributed by atoms with Gasteiger partial charge in [-0.2, -0.15) is 0 Å². The topological polar surface area (TPSA) is 92.4 Å². The first-order valence-electron chi connectivity index (χ1n) is 5.71. The fraction of sp³-hybridized carbons (Fsp3) is 0.385. The Labute approximate surface area is 120 Å². The van der Waals surface area contributed by atoms with E-state index in [1.807, 2.05) is 0 Å². The molecule has 0 heterocycles. The highest BCUT2D eigenvalue weighted by Crippen LogP contribution is 2.22. The molecular formula is C13H17BrN2O3. The number of amides is 1. The van der Waals surface area contributed by atoms with Crippen LogP contribution in [0.15, 0.2) is 22.7 Å². The van der Waals surface area contributed by atoms with Gasteiger partial charge in [-0.1, -0.05) is 20.8 Å². The van der Waals surface area contributed by atoms with Crippen LogP contribution < -0.4 is 11.1 Å². The number of halogens is 1. The van der Waals surface area contributed by atoms with Crippen LogP contribution in [0.5, 0.6) is 0 Å². The van der Waals surface area contributed by atoms with Crippen LogP contribution >= 0.6 is 15.9 Å². The zero-order chi connectivity index (χ0) is 14.8. The van der Waals surface area contributed by atoms with Crippen LogP contribution in [0.2, 0.25) is 0 Å². The lowest BCUT2D eigenvalue weighted by atomic mass is 9.86. The Morgan fingerprint density at radius 1 is 1.37 bits per heavy atom. The molecule has 19 heavy (non-hydrogen) atoms. The van der Waals surface area contributed by atoms with E-state index >= 15 is 0 Å². The fourth-order valence-corrected chi connectivity index (χ4v) is 1.91. The molecule has 0 spiro atoms. The Kier molecular flexibility index (Phi) is 4.57. The smallest absolute Gasteiger partial charge is 0.326 e. The third-order valence-corrected chi connectivity index (χ3v) is 3.34. The van der Waals surface area contributed by atoms with Crippen molar-refractivity contribution in [2.75, 3.05) is 5.73 Å². The summed E-state index contributed by atoms with van der Waals surface area (Å²) in [6, 6.07) is 3.74. The SMILES string of the molecule is CC(C)(C)[C@H](NC(=O)c1ccc(N)c(Br)c1)C(=O)O. The number of hydrogen-bond donors (Lipinski definition) is 3. The summed E-state index contributed by atoms with van der Waals surface area (Å²) in [5.74, 6) is -1.50. The molecule has 0 radical (unpaired) electrons. The van der Waals surface area contributed by atoms with Gasteiger partial charge in [0.25, 0.3) is 5.91 Å². The minimum Gasteiger partial charge on any atom is -0.480 e. The van der Waals surface area contributed by atoms with Crippen LogP contribution in [0, 0.1) is 5.41 Å². The van der Waals surface area contributed by atoms with Crippen LogP contribution in [0.4, 0.5) is 5.69 Å². The van der Waals surface area contributed by atoms with Crippen LogP contribution in [0.1, 0.15) is 31.1 Å². The van der Waals surface area contributed by atoms with Crippen molar-refractivity contribution in [2.45, 2.75) is 26.8 Å². The number of nitrogens with two attached hydrogens (primary N) is 1. The molecule has 1 aromatic rings. The number of anilines is 1. The summed E-state index contributed by atoms with van der Waals surface area (Å²) >= 11 is 3.23. The minimum absolute atomic E-state index is 0.358. The predicted molar refractivity (Wildman–Crippen MR) is 76.9 cm³/mol. The van der Waals surface area contributed by atoms with E-state index in [0.717, 1.165) is 0 Å². The highest BCUT2D eigenvalue weighted by Gasteiger charge is 2.32. The van der Waals surface area contributed by atoms with Crippen molar-refractivity contribution in [3.8, 4) is 0 Å². The monoisotopic (exact) mass is 328 g/mol. The number of hydrogen-bond acceptors (Lipinski definition) is 3. The van der Waals surface area contributed by atoms with E-state index < -0.39 is 23.3 Å². The number of nitrogen functional groups attached to an aromatic ring is 1. The Morgan fingerprint density at radius 3 is 2.37 bits per heavy atom. The Bertz CT molecular complexity index is 509. The summed E-state index contributed by atoms with van der Waals surface area (Å²) < 4.78 is 0.600. The quantitative estimate of drug-likeness (QED) is 0.742. The van der Waals surface area contributed by atoms with Crippen molar-refractivity contribution in [1.82, 2.24) is 5.32 Å². The first-order valence-corrected chi connectivity index (χ1v) is 6.51. The molecule has 0 aliphatic heterocycles. The zero-order valence-electron chi connectivity index (χ0n) is 11.0. The van der Waals surface area contributed by atoms with Gasteiger partial charge in [0.15, 0.2) is 0 Å². The van der Waals surface area contributed by atoms with Crippen LogP contribution in [0.25, 0.3) is 0 Å². The molecule has 1 aromatic carbocycles. The van der Waals surface area contributed by atoms with E-state index in [2.05, 4.69) is 21.2 Å². The molecule has 0 unspecified atom stereocenters. The van der Waals surface area contributed by atoms with Crippen LogP contribution in [0.3, 0.4) is 0 Å². The van der Waals surface area contributed by atoms with Gasteiger partial charge < -0.3 is 16.2 Å². The van der Waals surface area contributed by atoms with E-state index in [1.165, 1.54) is 0 Å². The summed E-state index contributed by atoms with van der Waals surface area (Å²) in [7, 11) is 0. The summed E-state index contributed by atoms with van der Waals surface area (Å²) in [5, 5.41) is 11.7. The van der Waals surface area contributed by atoms with Gasteiger partial charge in [0.2, 0.25) is 0 Å². The molecule has 0 fully saturated rings. The van der Waals surface area contributed by atoms with Crippen molar-refractivity contribution in [2.24, 2.45) is 5.41 Å². The first-order chi connectivity index (χ1) is 8.62. The van der Waals surface area contributed by atoms with Crippen molar-refractivity contribution in [1.29, 1.82) is 0 Å². The molecule has 0 aliphatic carbocycles. The molecular weight excluding hydrogens is 312 g/mol. The second kappa shape index (κ2) is 5.61. The molecule has 4 N–H and O–H groups in total. The normalized spacial score (nSPS) is 12.8. The van der Waals surface area contributed by atoms with Crippen molar-refractivity contribution in [3.05, 3.63) is 28.2 Å². The third-order valence-electron chi connectivity index (χ3n) is 2.65.